The van der Waals surface area contributed by atoms with E-state index in [-0.39, 0.29) is 11.6 Å². The molecule has 0 aromatic carbocycles. The van der Waals surface area contributed by atoms with Gasteiger partial charge < -0.3 is 14.9 Å². The number of hydrogen-bond donors (Lipinski definition) is 1. The monoisotopic (exact) mass is 249 g/mol. The van der Waals surface area contributed by atoms with Crippen LogP contribution in [-0.4, -0.2) is 65.0 Å². The Hall–Kier alpha value is -1.95. The number of likely N-dealkylation sites (N-methyl/N-ethyl adjacent to an activating group) is 1. The molecule has 0 bridgehead atoms. The summed E-state index contributed by atoms with van der Waals surface area (Å²) in [6.07, 6.45) is 1.32. The molecule has 1 saturated heterocycles. The first-order valence-electron chi connectivity index (χ1n) is 5.75. The molecule has 2 heterocycles. The summed E-state index contributed by atoms with van der Waals surface area (Å²) in [5, 5.41) is 8.73. The molecule has 0 radical (unpaired) electrons. The highest BCUT2D eigenvalue weighted by molar-refractivity contribution is 5.95. The lowest BCUT2D eigenvalue weighted by molar-refractivity contribution is 0.0657. The van der Waals surface area contributed by atoms with Gasteiger partial charge in [0.2, 0.25) is 0 Å². The molecule has 1 fully saturated rings. The van der Waals surface area contributed by atoms with E-state index < -0.39 is 5.97 Å². The maximum absolute atomic E-state index is 12.1. The molecule has 6 heteroatoms. The fourth-order valence-electron chi connectivity index (χ4n) is 1.84. The lowest BCUT2D eigenvalue weighted by atomic mass is 10.2. The molecule has 2 rings (SSSR count). The number of hydrogen-bond acceptors (Lipinski definition) is 4. The first kappa shape index (κ1) is 12.5. The van der Waals surface area contributed by atoms with Gasteiger partial charge in [0.25, 0.3) is 5.91 Å². The Kier molecular flexibility index (Phi) is 3.57. The Morgan fingerprint density at radius 2 is 1.89 bits per heavy atom. The Bertz CT molecular complexity index is 450. The van der Waals surface area contributed by atoms with Gasteiger partial charge in [-0.2, -0.15) is 0 Å². The number of carbonyl (C=O) groups is 2. The topological polar surface area (TPSA) is 73.7 Å². The second kappa shape index (κ2) is 5.14. The molecule has 1 aromatic heterocycles. The van der Waals surface area contributed by atoms with Crippen LogP contribution in [-0.2, 0) is 0 Å². The average molecular weight is 249 g/mol. The van der Waals surface area contributed by atoms with Crippen LogP contribution < -0.4 is 0 Å². The maximum atomic E-state index is 12.1. The first-order chi connectivity index (χ1) is 8.58. The first-order valence-corrected chi connectivity index (χ1v) is 5.75. The van der Waals surface area contributed by atoms with E-state index in [4.69, 9.17) is 5.11 Å². The van der Waals surface area contributed by atoms with Gasteiger partial charge in [0.15, 0.2) is 0 Å². The second-order valence-electron chi connectivity index (χ2n) is 4.33. The number of rotatable bonds is 2. The minimum atomic E-state index is -1.09. The Morgan fingerprint density at radius 3 is 2.39 bits per heavy atom. The molecule has 0 aliphatic carbocycles. The van der Waals surface area contributed by atoms with E-state index in [0.29, 0.717) is 18.7 Å². The molecule has 18 heavy (non-hydrogen) atoms. The number of nitrogens with zero attached hydrogens (tertiary/aromatic N) is 3. The molecule has 1 N–H and O–H groups in total. The van der Waals surface area contributed by atoms with Crippen LogP contribution in [0.3, 0.4) is 0 Å². The maximum Gasteiger partial charge on any atom is 0.354 e. The van der Waals surface area contributed by atoms with Gasteiger partial charge in [-0.15, -0.1) is 0 Å². The molecule has 1 aromatic rings. The number of pyridine rings is 1. The van der Waals surface area contributed by atoms with Crippen molar-refractivity contribution in [2.45, 2.75) is 0 Å². The summed E-state index contributed by atoms with van der Waals surface area (Å²) in [5.41, 5.74) is 0.384. The summed E-state index contributed by atoms with van der Waals surface area (Å²) in [4.78, 5) is 30.4. The fourth-order valence-corrected chi connectivity index (χ4v) is 1.84. The quantitative estimate of drug-likeness (QED) is 0.808. The molecular weight excluding hydrogens is 234 g/mol. The van der Waals surface area contributed by atoms with Crippen LogP contribution in [0.1, 0.15) is 20.8 Å². The van der Waals surface area contributed by atoms with Crippen molar-refractivity contribution in [1.82, 2.24) is 14.8 Å². The number of carbonyl (C=O) groups excluding carboxylic acids is 1. The van der Waals surface area contributed by atoms with E-state index in [9.17, 15) is 9.59 Å². The molecular formula is C12H15N3O3. The number of carboxylic acid groups (broad SMARTS) is 1. The third-order valence-corrected chi connectivity index (χ3v) is 3.02. The van der Waals surface area contributed by atoms with Gasteiger partial charge in [0, 0.05) is 32.4 Å². The Balaban J connectivity index is 2.07. The molecule has 6 nitrogen and oxygen atoms in total. The van der Waals surface area contributed by atoms with Crippen LogP contribution in [0.4, 0.5) is 0 Å². The smallest absolute Gasteiger partial charge is 0.354 e. The normalized spacial score (nSPS) is 16.6. The molecule has 0 unspecified atom stereocenters. The number of aromatic carboxylic acids is 1. The van der Waals surface area contributed by atoms with Crippen molar-refractivity contribution < 1.29 is 14.7 Å². The van der Waals surface area contributed by atoms with Gasteiger partial charge in [-0.1, -0.05) is 0 Å². The number of amides is 1. The molecule has 0 atom stereocenters. The van der Waals surface area contributed by atoms with E-state index in [1.165, 1.54) is 18.3 Å². The van der Waals surface area contributed by atoms with Crippen LogP contribution in [0.25, 0.3) is 0 Å². The van der Waals surface area contributed by atoms with Crippen molar-refractivity contribution in [2.75, 3.05) is 33.2 Å². The van der Waals surface area contributed by atoms with E-state index in [0.717, 1.165) is 13.1 Å². The van der Waals surface area contributed by atoms with E-state index in [1.54, 1.807) is 4.90 Å². The highest BCUT2D eigenvalue weighted by Gasteiger charge is 2.20. The minimum Gasteiger partial charge on any atom is -0.477 e. The van der Waals surface area contributed by atoms with Gasteiger partial charge in [0.1, 0.15) is 5.69 Å². The zero-order valence-electron chi connectivity index (χ0n) is 10.2. The summed E-state index contributed by atoms with van der Waals surface area (Å²) in [6, 6.07) is 2.86. The largest absolute Gasteiger partial charge is 0.477 e. The molecule has 1 aliphatic rings. The molecule has 96 valence electrons. The van der Waals surface area contributed by atoms with Crippen molar-refractivity contribution in [3.63, 3.8) is 0 Å². The van der Waals surface area contributed by atoms with E-state index in [2.05, 4.69) is 9.88 Å². The SMILES string of the molecule is CN1CCN(C(=O)c2ccc(C(=O)O)nc2)CC1. The van der Waals surface area contributed by atoms with Crippen LogP contribution in [0.5, 0.6) is 0 Å². The van der Waals surface area contributed by atoms with Crippen LogP contribution >= 0.6 is 0 Å². The van der Waals surface area contributed by atoms with Crippen molar-refractivity contribution in [3.05, 3.63) is 29.6 Å². The molecule has 0 spiro atoms. The molecule has 1 aliphatic heterocycles. The Morgan fingerprint density at radius 1 is 1.22 bits per heavy atom. The highest BCUT2D eigenvalue weighted by atomic mass is 16.4. The summed E-state index contributed by atoms with van der Waals surface area (Å²) in [6.45, 7) is 3.09. The summed E-state index contributed by atoms with van der Waals surface area (Å²) in [5.74, 6) is -1.18. The van der Waals surface area contributed by atoms with Gasteiger partial charge in [-0.25, -0.2) is 9.78 Å². The van der Waals surface area contributed by atoms with E-state index in [1.807, 2.05) is 7.05 Å². The average Bonchev–Trinajstić information content (AvgIpc) is 2.39. The summed E-state index contributed by atoms with van der Waals surface area (Å²) in [7, 11) is 2.02. The Labute approximate surface area is 105 Å². The van der Waals surface area contributed by atoms with Crippen LogP contribution in [0.15, 0.2) is 18.3 Å². The van der Waals surface area contributed by atoms with Gasteiger partial charge in [-0.05, 0) is 19.2 Å². The molecule has 0 saturated carbocycles. The fraction of sp³-hybridized carbons (Fsp3) is 0.417. The summed E-state index contributed by atoms with van der Waals surface area (Å²) >= 11 is 0. The van der Waals surface area contributed by atoms with Crippen LogP contribution in [0.2, 0.25) is 0 Å². The lowest BCUT2D eigenvalue weighted by Crippen LogP contribution is -2.47. The minimum absolute atomic E-state index is 0.0510. The van der Waals surface area contributed by atoms with Crippen molar-refractivity contribution in [3.8, 4) is 0 Å². The van der Waals surface area contributed by atoms with E-state index >= 15 is 0 Å². The van der Waals surface area contributed by atoms with Crippen molar-refractivity contribution in [1.29, 1.82) is 0 Å². The summed E-state index contributed by atoms with van der Waals surface area (Å²) < 4.78 is 0. The van der Waals surface area contributed by atoms with Gasteiger partial charge in [-0.3, -0.25) is 4.79 Å². The number of aromatic nitrogens is 1. The second-order valence-corrected chi connectivity index (χ2v) is 4.33. The van der Waals surface area contributed by atoms with Crippen molar-refractivity contribution in [2.24, 2.45) is 0 Å². The zero-order valence-corrected chi connectivity index (χ0v) is 10.2. The third-order valence-electron chi connectivity index (χ3n) is 3.02. The predicted octanol–water partition coefficient (Wildman–Crippen LogP) is 0.167. The zero-order chi connectivity index (χ0) is 13.1. The van der Waals surface area contributed by atoms with Crippen LogP contribution in [0, 0.1) is 0 Å². The molecule has 1 amide bonds. The number of piperazine rings is 1. The lowest BCUT2D eigenvalue weighted by Gasteiger charge is -2.32. The highest BCUT2D eigenvalue weighted by Crippen LogP contribution is 2.08. The van der Waals surface area contributed by atoms with Gasteiger partial charge in [0.05, 0.1) is 5.56 Å². The standard InChI is InChI=1S/C12H15N3O3/c1-14-4-6-15(7-5-14)11(16)9-2-3-10(12(17)18)13-8-9/h2-3,8H,4-7H2,1H3,(H,17,18). The predicted molar refractivity (Wildman–Crippen MR) is 64.6 cm³/mol. The van der Waals surface area contributed by atoms with Gasteiger partial charge >= 0.3 is 5.97 Å². The van der Waals surface area contributed by atoms with Crippen molar-refractivity contribution >= 4 is 11.9 Å². The number of carboxylic acids is 1. The third kappa shape index (κ3) is 2.65.